The monoisotopic (exact) mass is 245 g/mol. The Morgan fingerprint density at radius 1 is 1.22 bits per heavy atom. The number of nitrogens with one attached hydrogen (secondary N) is 1. The minimum atomic E-state index is 0.402. The maximum atomic E-state index is 3.61. The van der Waals surface area contributed by atoms with Gasteiger partial charge in [0, 0.05) is 11.5 Å². The quantitative estimate of drug-likeness (QED) is 0.794. The Morgan fingerprint density at radius 2 is 1.89 bits per heavy atom. The molecule has 1 aromatic carbocycles. The maximum Gasteiger partial charge on any atom is 0.0163 e. The molecule has 0 radical (unpaired) electrons. The van der Waals surface area contributed by atoms with Crippen molar-refractivity contribution in [2.24, 2.45) is 5.92 Å². The van der Waals surface area contributed by atoms with Gasteiger partial charge in [-0.15, -0.1) is 0 Å². The molecule has 0 aliphatic heterocycles. The minimum Gasteiger partial charge on any atom is -0.316 e. The maximum absolute atomic E-state index is 3.61. The van der Waals surface area contributed by atoms with Crippen molar-refractivity contribution < 1.29 is 0 Å². The van der Waals surface area contributed by atoms with Crippen LogP contribution in [0.3, 0.4) is 0 Å². The van der Waals surface area contributed by atoms with E-state index in [0.717, 1.165) is 5.92 Å². The molecular weight excluding hydrogens is 218 g/mol. The van der Waals surface area contributed by atoms with Crippen LogP contribution in [0.1, 0.15) is 51.5 Å². The highest BCUT2D eigenvalue weighted by atomic mass is 14.9. The first-order chi connectivity index (χ1) is 8.73. The van der Waals surface area contributed by atoms with Crippen LogP contribution in [0.2, 0.25) is 0 Å². The Hall–Kier alpha value is -0.820. The third kappa shape index (κ3) is 2.47. The van der Waals surface area contributed by atoms with E-state index in [4.69, 9.17) is 0 Å². The Bertz CT molecular complexity index is 353. The zero-order chi connectivity index (χ0) is 13.0. The summed E-state index contributed by atoms with van der Waals surface area (Å²) in [4.78, 5) is 0. The predicted octanol–water partition coefficient (Wildman–Crippen LogP) is 4.13. The van der Waals surface area contributed by atoms with Crippen molar-refractivity contribution in [2.45, 2.75) is 57.4 Å². The van der Waals surface area contributed by atoms with Crippen LogP contribution in [-0.4, -0.2) is 13.1 Å². The lowest BCUT2D eigenvalue weighted by Crippen LogP contribution is -2.52. The third-order valence-corrected chi connectivity index (χ3v) is 4.94. The number of hydrogen-bond acceptors (Lipinski definition) is 1. The molecule has 1 nitrogen and oxygen atoms in total. The Morgan fingerprint density at radius 3 is 2.33 bits per heavy atom. The summed E-state index contributed by atoms with van der Waals surface area (Å²) in [6.45, 7) is 4.68. The highest BCUT2D eigenvalue weighted by molar-refractivity contribution is 5.30. The summed E-state index contributed by atoms with van der Waals surface area (Å²) in [5.41, 5.74) is 1.94. The molecule has 100 valence electrons. The first-order valence-corrected chi connectivity index (χ1v) is 7.45. The van der Waals surface area contributed by atoms with Gasteiger partial charge in [0.25, 0.3) is 0 Å². The highest BCUT2D eigenvalue weighted by Gasteiger charge is 2.44. The summed E-state index contributed by atoms with van der Waals surface area (Å²) in [7, 11) is 2.13. The van der Waals surface area contributed by atoms with Gasteiger partial charge in [-0.05, 0) is 37.8 Å². The van der Waals surface area contributed by atoms with E-state index in [1.807, 2.05) is 0 Å². The summed E-state index contributed by atoms with van der Waals surface area (Å²) in [6, 6.07) is 11.8. The second-order valence-corrected chi connectivity index (χ2v) is 5.97. The van der Waals surface area contributed by atoms with Gasteiger partial charge >= 0.3 is 0 Å². The van der Waals surface area contributed by atoms with Crippen LogP contribution in [-0.2, 0) is 5.41 Å². The summed E-state index contributed by atoms with van der Waals surface area (Å²) in [5, 5.41) is 3.61. The van der Waals surface area contributed by atoms with Gasteiger partial charge in [0.2, 0.25) is 0 Å². The van der Waals surface area contributed by atoms with E-state index in [1.165, 1.54) is 32.1 Å². The fraction of sp³-hybridized carbons (Fsp3) is 0.647. The number of likely N-dealkylation sites (N-methyl/N-ethyl adjacent to an activating group) is 1. The van der Waals surface area contributed by atoms with Crippen molar-refractivity contribution in [3.63, 3.8) is 0 Å². The van der Waals surface area contributed by atoms with Crippen LogP contribution in [0, 0.1) is 5.92 Å². The Labute approximate surface area is 112 Å². The second-order valence-electron chi connectivity index (χ2n) is 5.97. The van der Waals surface area contributed by atoms with E-state index >= 15 is 0 Å². The molecule has 0 saturated heterocycles. The molecule has 2 unspecified atom stereocenters. The molecule has 0 spiro atoms. The zero-order valence-electron chi connectivity index (χ0n) is 12.1. The average Bonchev–Trinajstić information content (AvgIpc) is 2.37. The van der Waals surface area contributed by atoms with Crippen molar-refractivity contribution in [3.8, 4) is 0 Å². The van der Waals surface area contributed by atoms with E-state index < -0.39 is 0 Å². The van der Waals surface area contributed by atoms with E-state index in [2.05, 4.69) is 56.5 Å². The second kappa shape index (κ2) is 5.88. The first kappa shape index (κ1) is 13.6. The molecule has 0 bridgehead atoms. The van der Waals surface area contributed by atoms with Crippen molar-refractivity contribution in [2.75, 3.05) is 7.05 Å². The standard InChI is InChI=1S/C17H27N/c1-4-14(2)13-16(18-3)17(11-8-12-17)15-9-6-5-7-10-15/h5-7,9-10,14,16,18H,4,8,11-13H2,1-3H3. The molecule has 1 N–H and O–H groups in total. The fourth-order valence-corrected chi connectivity index (χ4v) is 3.35. The van der Waals surface area contributed by atoms with Crippen molar-refractivity contribution in [1.29, 1.82) is 0 Å². The molecule has 18 heavy (non-hydrogen) atoms. The van der Waals surface area contributed by atoms with E-state index in [1.54, 1.807) is 5.56 Å². The van der Waals surface area contributed by atoms with Gasteiger partial charge in [0.15, 0.2) is 0 Å². The normalized spacial score (nSPS) is 21.1. The molecule has 1 aliphatic rings. The van der Waals surface area contributed by atoms with Crippen LogP contribution in [0.15, 0.2) is 30.3 Å². The molecule has 2 atom stereocenters. The largest absolute Gasteiger partial charge is 0.316 e. The van der Waals surface area contributed by atoms with E-state index in [0.29, 0.717) is 11.5 Å². The molecule has 1 fully saturated rings. The average molecular weight is 245 g/mol. The molecular formula is C17H27N. The molecule has 2 rings (SSSR count). The summed E-state index contributed by atoms with van der Waals surface area (Å²) >= 11 is 0. The van der Waals surface area contributed by atoms with Crippen LogP contribution >= 0.6 is 0 Å². The number of rotatable bonds is 6. The number of hydrogen-bond donors (Lipinski definition) is 1. The van der Waals surface area contributed by atoms with Crippen LogP contribution < -0.4 is 5.32 Å². The van der Waals surface area contributed by atoms with Crippen LogP contribution in [0.5, 0.6) is 0 Å². The molecule has 0 heterocycles. The molecule has 0 aromatic heterocycles. The van der Waals surface area contributed by atoms with Crippen LogP contribution in [0.25, 0.3) is 0 Å². The van der Waals surface area contributed by atoms with Crippen LogP contribution in [0.4, 0.5) is 0 Å². The number of benzene rings is 1. The zero-order valence-corrected chi connectivity index (χ0v) is 12.1. The van der Waals surface area contributed by atoms with E-state index in [-0.39, 0.29) is 0 Å². The summed E-state index contributed by atoms with van der Waals surface area (Å²) in [5.74, 6) is 0.809. The summed E-state index contributed by atoms with van der Waals surface area (Å²) in [6.07, 6.45) is 6.65. The smallest absolute Gasteiger partial charge is 0.0163 e. The first-order valence-electron chi connectivity index (χ1n) is 7.45. The lowest BCUT2D eigenvalue weighted by Gasteiger charge is -2.49. The van der Waals surface area contributed by atoms with Gasteiger partial charge in [-0.25, -0.2) is 0 Å². The third-order valence-electron chi connectivity index (χ3n) is 4.94. The van der Waals surface area contributed by atoms with Gasteiger partial charge in [0.05, 0.1) is 0 Å². The SMILES string of the molecule is CCC(C)CC(NC)C1(c2ccccc2)CCC1. The Kier molecular flexibility index (Phi) is 4.45. The van der Waals surface area contributed by atoms with Crippen molar-refractivity contribution in [3.05, 3.63) is 35.9 Å². The molecule has 1 heteroatoms. The summed E-state index contributed by atoms with van der Waals surface area (Å²) < 4.78 is 0. The van der Waals surface area contributed by atoms with Gasteiger partial charge in [-0.2, -0.15) is 0 Å². The van der Waals surface area contributed by atoms with Gasteiger partial charge in [-0.3, -0.25) is 0 Å². The fourth-order valence-electron chi connectivity index (χ4n) is 3.35. The Balaban J connectivity index is 2.20. The lowest BCUT2D eigenvalue weighted by atomic mass is 9.58. The lowest BCUT2D eigenvalue weighted by molar-refractivity contribution is 0.154. The van der Waals surface area contributed by atoms with Gasteiger partial charge in [-0.1, -0.05) is 57.0 Å². The predicted molar refractivity (Wildman–Crippen MR) is 78.9 cm³/mol. The molecule has 1 saturated carbocycles. The van der Waals surface area contributed by atoms with Gasteiger partial charge < -0.3 is 5.32 Å². The molecule has 1 aromatic rings. The van der Waals surface area contributed by atoms with E-state index in [9.17, 15) is 0 Å². The molecule has 0 amide bonds. The topological polar surface area (TPSA) is 12.0 Å². The van der Waals surface area contributed by atoms with Crippen molar-refractivity contribution in [1.82, 2.24) is 5.32 Å². The molecule has 1 aliphatic carbocycles. The van der Waals surface area contributed by atoms with Gasteiger partial charge in [0.1, 0.15) is 0 Å². The highest BCUT2D eigenvalue weighted by Crippen LogP contribution is 2.47. The minimum absolute atomic E-state index is 0.402. The van der Waals surface area contributed by atoms with Crippen molar-refractivity contribution >= 4 is 0 Å².